The van der Waals surface area contributed by atoms with Crippen molar-refractivity contribution in [1.29, 1.82) is 0 Å². The minimum Gasteiger partial charge on any atom is -0.460 e. The van der Waals surface area contributed by atoms with Crippen LogP contribution in [0.5, 0.6) is 0 Å². The Balaban J connectivity index is 1.26. The Morgan fingerprint density at radius 3 is 2.52 bits per heavy atom. The molecule has 1 aliphatic rings. The number of anilines is 1. The molecule has 1 amide bonds. The molecular weight excluding hydrogens is 425 g/mol. The molecule has 9 heteroatoms. The first-order valence-corrected chi connectivity index (χ1v) is 10.7. The van der Waals surface area contributed by atoms with E-state index in [0.29, 0.717) is 18.1 Å². The number of hydrogen-bond donors (Lipinski definition) is 2. The zero-order valence-electron chi connectivity index (χ0n) is 18.0. The van der Waals surface area contributed by atoms with Gasteiger partial charge in [0.25, 0.3) is 5.91 Å². The zero-order valence-corrected chi connectivity index (χ0v) is 18.0. The molecular formula is C24H24FN5O3. The number of carbonyl (C=O) groups is 2. The van der Waals surface area contributed by atoms with Crippen LogP contribution in [-0.4, -0.2) is 40.1 Å². The van der Waals surface area contributed by atoms with Crippen LogP contribution in [0, 0.1) is 5.82 Å². The smallest absolute Gasteiger partial charge is 0.325 e. The molecule has 4 rings (SSSR count). The Morgan fingerprint density at radius 2 is 1.85 bits per heavy atom. The Labute approximate surface area is 190 Å². The van der Waals surface area contributed by atoms with Crippen LogP contribution in [0.3, 0.4) is 0 Å². The van der Waals surface area contributed by atoms with Crippen LogP contribution in [-0.2, 0) is 21.6 Å². The summed E-state index contributed by atoms with van der Waals surface area (Å²) in [4.78, 5) is 28.3. The van der Waals surface area contributed by atoms with Gasteiger partial charge in [0.2, 0.25) is 0 Å². The standard InChI is InChI=1S/C24H24FN5O3/c25-18-8-4-13-26-22(18)24(11-5-12-24)16-28-20-10-9-19(29-30-20)23(32)27-14-21(31)33-15-17-6-2-1-3-7-17/h1-4,6-10,13H,5,11-12,14-16H2,(H,27,32)(H,28,30). The van der Waals surface area contributed by atoms with E-state index in [1.807, 2.05) is 30.3 Å². The number of rotatable bonds is 9. The predicted molar refractivity (Wildman–Crippen MR) is 119 cm³/mol. The van der Waals surface area contributed by atoms with Gasteiger partial charge >= 0.3 is 5.97 Å². The van der Waals surface area contributed by atoms with Crippen LogP contribution in [0.1, 0.15) is 41.0 Å². The molecule has 0 saturated heterocycles. The quantitative estimate of drug-likeness (QED) is 0.484. The maximum Gasteiger partial charge on any atom is 0.325 e. The van der Waals surface area contributed by atoms with Gasteiger partial charge in [0.05, 0.1) is 5.69 Å². The minimum atomic E-state index is -0.550. The lowest BCUT2D eigenvalue weighted by Crippen LogP contribution is -2.42. The number of aromatic nitrogens is 3. The largest absolute Gasteiger partial charge is 0.460 e. The second-order valence-corrected chi connectivity index (χ2v) is 7.95. The summed E-state index contributed by atoms with van der Waals surface area (Å²) in [5, 5.41) is 13.6. The molecule has 2 N–H and O–H groups in total. The van der Waals surface area contributed by atoms with Crippen molar-refractivity contribution in [3.63, 3.8) is 0 Å². The van der Waals surface area contributed by atoms with E-state index >= 15 is 0 Å². The summed E-state index contributed by atoms with van der Waals surface area (Å²) in [7, 11) is 0. The SMILES string of the molecule is O=C(CNC(=O)c1ccc(NCC2(c3ncccc3F)CCC2)nn1)OCc1ccccc1. The molecule has 170 valence electrons. The molecule has 1 aliphatic carbocycles. The maximum atomic E-state index is 14.2. The second kappa shape index (κ2) is 10.2. The van der Waals surface area contributed by atoms with Crippen LogP contribution in [0.15, 0.2) is 60.8 Å². The minimum absolute atomic E-state index is 0.0746. The molecule has 0 radical (unpaired) electrons. The molecule has 8 nitrogen and oxygen atoms in total. The Kier molecular flexibility index (Phi) is 6.87. The van der Waals surface area contributed by atoms with Gasteiger partial charge in [-0.1, -0.05) is 36.8 Å². The zero-order chi connectivity index (χ0) is 23.1. The van der Waals surface area contributed by atoms with E-state index in [4.69, 9.17) is 4.74 Å². The fourth-order valence-corrected chi connectivity index (χ4v) is 3.72. The number of nitrogens with one attached hydrogen (secondary N) is 2. The van der Waals surface area contributed by atoms with Crippen molar-refractivity contribution in [2.24, 2.45) is 0 Å². The Morgan fingerprint density at radius 1 is 1.03 bits per heavy atom. The van der Waals surface area contributed by atoms with Crippen LogP contribution in [0.4, 0.5) is 10.2 Å². The summed E-state index contributed by atoms with van der Waals surface area (Å²) in [6.45, 7) is 0.333. The van der Waals surface area contributed by atoms with E-state index in [1.165, 1.54) is 12.1 Å². The van der Waals surface area contributed by atoms with Gasteiger partial charge in [0.15, 0.2) is 5.69 Å². The highest BCUT2D eigenvalue weighted by atomic mass is 19.1. The molecule has 2 heterocycles. The maximum absolute atomic E-state index is 14.2. The highest BCUT2D eigenvalue weighted by molar-refractivity contribution is 5.94. The summed E-state index contributed by atoms with van der Waals surface area (Å²) in [6.07, 6.45) is 4.28. The second-order valence-electron chi connectivity index (χ2n) is 7.95. The summed E-state index contributed by atoms with van der Waals surface area (Å²) in [5.74, 6) is -0.918. The molecule has 0 unspecified atom stereocenters. The van der Waals surface area contributed by atoms with Crippen LogP contribution in [0.25, 0.3) is 0 Å². The molecule has 0 spiro atoms. The van der Waals surface area contributed by atoms with Gasteiger partial charge in [0, 0.05) is 18.2 Å². The van der Waals surface area contributed by atoms with Crippen molar-refractivity contribution in [1.82, 2.24) is 20.5 Å². The summed E-state index contributed by atoms with van der Waals surface area (Å²) in [6, 6.07) is 15.4. The monoisotopic (exact) mass is 449 g/mol. The first-order chi connectivity index (χ1) is 16.1. The van der Waals surface area contributed by atoms with E-state index in [-0.39, 0.29) is 30.1 Å². The Hall–Kier alpha value is -3.88. The summed E-state index contributed by atoms with van der Waals surface area (Å²) >= 11 is 0. The number of benzene rings is 1. The lowest BCUT2D eigenvalue weighted by Gasteiger charge is -2.41. The van der Waals surface area contributed by atoms with Crippen molar-refractivity contribution >= 4 is 17.7 Å². The lowest BCUT2D eigenvalue weighted by atomic mass is 9.66. The number of halogens is 1. The normalized spacial score (nSPS) is 14.1. The molecule has 3 aromatic rings. The number of esters is 1. The molecule has 2 aromatic heterocycles. The van der Waals surface area contributed by atoms with Gasteiger partial charge in [-0.05, 0) is 42.7 Å². The van der Waals surface area contributed by atoms with E-state index in [2.05, 4.69) is 25.8 Å². The molecule has 1 aromatic carbocycles. The van der Waals surface area contributed by atoms with Crippen LogP contribution < -0.4 is 10.6 Å². The molecule has 33 heavy (non-hydrogen) atoms. The van der Waals surface area contributed by atoms with Crippen molar-refractivity contribution in [2.75, 3.05) is 18.4 Å². The third-order valence-corrected chi connectivity index (χ3v) is 5.71. The van der Waals surface area contributed by atoms with Gasteiger partial charge in [-0.3, -0.25) is 14.6 Å². The van der Waals surface area contributed by atoms with E-state index in [9.17, 15) is 14.0 Å². The van der Waals surface area contributed by atoms with Crippen molar-refractivity contribution in [2.45, 2.75) is 31.3 Å². The lowest BCUT2D eigenvalue weighted by molar-refractivity contribution is -0.143. The third-order valence-electron chi connectivity index (χ3n) is 5.71. The highest BCUT2D eigenvalue weighted by Gasteiger charge is 2.41. The van der Waals surface area contributed by atoms with Gasteiger partial charge in [0.1, 0.15) is 24.8 Å². The topological polar surface area (TPSA) is 106 Å². The fraction of sp³-hybridized carbons (Fsp3) is 0.292. The summed E-state index contributed by atoms with van der Waals surface area (Å²) < 4.78 is 19.4. The van der Waals surface area contributed by atoms with E-state index in [0.717, 1.165) is 24.8 Å². The number of hydrogen-bond acceptors (Lipinski definition) is 7. The average molecular weight is 449 g/mol. The van der Waals surface area contributed by atoms with Crippen molar-refractivity contribution in [3.8, 4) is 0 Å². The fourth-order valence-electron chi connectivity index (χ4n) is 3.72. The highest BCUT2D eigenvalue weighted by Crippen LogP contribution is 2.43. The van der Waals surface area contributed by atoms with Gasteiger partial charge in [-0.2, -0.15) is 0 Å². The number of nitrogens with zero attached hydrogens (tertiary/aromatic N) is 3. The van der Waals surface area contributed by atoms with Crippen LogP contribution >= 0.6 is 0 Å². The molecule has 1 fully saturated rings. The number of pyridine rings is 1. The third kappa shape index (κ3) is 5.49. The predicted octanol–water partition coefficient (Wildman–Crippen LogP) is 3.02. The number of ether oxygens (including phenoxy) is 1. The van der Waals surface area contributed by atoms with Gasteiger partial charge in [-0.15, -0.1) is 10.2 Å². The first-order valence-electron chi connectivity index (χ1n) is 10.7. The number of amides is 1. The van der Waals surface area contributed by atoms with Crippen molar-refractivity contribution in [3.05, 3.63) is 83.6 Å². The molecule has 0 atom stereocenters. The summed E-state index contributed by atoms with van der Waals surface area (Å²) in [5.41, 5.74) is 1.03. The average Bonchev–Trinajstić information content (AvgIpc) is 2.82. The Bertz CT molecular complexity index is 1100. The van der Waals surface area contributed by atoms with E-state index in [1.54, 1.807) is 18.3 Å². The van der Waals surface area contributed by atoms with E-state index < -0.39 is 11.9 Å². The van der Waals surface area contributed by atoms with Gasteiger partial charge < -0.3 is 15.4 Å². The van der Waals surface area contributed by atoms with Crippen LogP contribution in [0.2, 0.25) is 0 Å². The van der Waals surface area contributed by atoms with Gasteiger partial charge in [-0.25, -0.2) is 4.39 Å². The van der Waals surface area contributed by atoms with Crippen molar-refractivity contribution < 1.29 is 18.7 Å². The molecule has 1 saturated carbocycles. The number of carbonyl (C=O) groups excluding carboxylic acids is 2. The molecule has 0 aliphatic heterocycles. The molecule has 0 bridgehead atoms. The first kappa shape index (κ1) is 22.3.